The minimum absolute atomic E-state index is 0.163. The molecule has 1 aliphatic rings. The van der Waals surface area contributed by atoms with Crippen LogP contribution in [0.2, 0.25) is 5.28 Å². The third kappa shape index (κ3) is 4.47. The number of anilines is 1. The number of rotatable bonds is 5. The zero-order valence-corrected chi connectivity index (χ0v) is 12.1. The predicted molar refractivity (Wildman–Crippen MR) is 72.8 cm³/mol. The number of halogens is 1. The Kier molecular flexibility index (Phi) is 5.15. The van der Waals surface area contributed by atoms with E-state index >= 15 is 0 Å². The van der Waals surface area contributed by atoms with E-state index in [2.05, 4.69) is 28.8 Å². The zero-order valence-electron chi connectivity index (χ0n) is 11.3. The lowest BCUT2D eigenvalue weighted by molar-refractivity contribution is 0.122. The van der Waals surface area contributed by atoms with Gasteiger partial charge in [0.1, 0.15) is 0 Å². The first-order valence-corrected chi connectivity index (χ1v) is 6.90. The summed E-state index contributed by atoms with van der Waals surface area (Å²) in [5.41, 5.74) is 0. The van der Waals surface area contributed by atoms with Crippen LogP contribution in [0.4, 0.5) is 5.95 Å². The zero-order chi connectivity index (χ0) is 13.7. The third-order valence-corrected chi connectivity index (χ3v) is 2.97. The van der Waals surface area contributed by atoms with Crippen LogP contribution < -0.4 is 9.64 Å². The summed E-state index contributed by atoms with van der Waals surface area (Å²) < 4.78 is 10.8. The van der Waals surface area contributed by atoms with Gasteiger partial charge in [-0.1, -0.05) is 13.8 Å². The second-order valence-electron chi connectivity index (χ2n) is 4.82. The molecule has 2 heterocycles. The standard InChI is InChI=1S/C12H19ClN4O2/c1-9(2)3-6-19-12-15-10(13)14-11(16-12)17-4-7-18-8-5-17/h9H,3-8H2,1-2H3. The lowest BCUT2D eigenvalue weighted by Crippen LogP contribution is -2.37. The molecule has 7 heteroatoms. The Labute approximate surface area is 118 Å². The largest absolute Gasteiger partial charge is 0.463 e. The van der Waals surface area contributed by atoms with Crippen LogP contribution in [0, 0.1) is 5.92 Å². The van der Waals surface area contributed by atoms with E-state index < -0.39 is 0 Å². The summed E-state index contributed by atoms with van der Waals surface area (Å²) in [7, 11) is 0. The molecule has 19 heavy (non-hydrogen) atoms. The Morgan fingerprint density at radius 3 is 2.68 bits per heavy atom. The molecule has 1 aliphatic heterocycles. The van der Waals surface area contributed by atoms with Crippen LogP contribution in [0.5, 0.6) is 6.01 Å². The minimum Gasteiger partial charge on any atom is -0.463 e. The molecule has 0 amide bonds. The fourth-order valence-electron chi connectivity index (χ4n) is 1.68. The summed E-state index contributed by atoms with van der Waals surface area (Å²) in [6.07, 6.45) is 0.955. The van der Waals surface area contributed by atoms with E-state index in [-0.39, 0.29) is 5.28 Å². The average molecular weight is 287 g/mol. The molecule has 6 nitrogen and oxygen atoms in total. The van der Waals surface area contributed by atoms with E-state index in [0.29, 0.717) is 37.7 Å². The van der Waals surface area contributed by atoms with Crippen molar-refractivity contribution in [3.63, 3.8) is 0 Å². The number of hydrogen-bond donors (Lipinski definition) is 0. The molecule has 0 atom stereocenters. The highest BCUT2D eigenvalue weighted by Crippen LogP contribution is 2.16. The summed E-state index contributed by atoms with van der Waals surface area (Å²) in [4.78, 5) is 14.4. The maximum Gasteiger partial charge on any atom is 0.322 e. The fourth-order valence-corrected chi connectivity index (χ4v) is 1.83. The highest BCUT2D eigenvalue weighted by Gasteiger charge is 2.16. The second-order valence-corrected chi connectivity index (χ2v) is 5.16. The second kappa shape index (κ2) is 6.86. The number of nitrogens with zero attached hydrogens (tertiary/aromatic N) is 4. The molecule has 1 saturated heterocycles. The smallest absolute Gasteiger partial charge is 0.322 e. The first-order chi connectivity index (χ1) is 9.15. The molecule has 106 valence electrons. The van der Waals surface area contributed by atoms with Gasteiger partial charge in [0, 0.05) is 13.1 Å². The van der Waals surface area contributed by atoms with Gasteiger partial charge in [-0.25, -0.2) is 0 Å². The van der Waals surface area contributed by atoms with Gasteiger partial charge in [-0.2, -0.15) is 15.0 Å². The lowest BCUT2D eigenvalue weighted by Gasteiger charge is -2.26. The fraction of sp³-hybridized carbons (Fsp3) is 0.750. The Balaban J connectivity index is 2.01. The molecular formula is C12H19ClN4O2. The molecule has 0 radical (unpaired) electrons. The highest BCUT2D eigenvalue weighted by molar-refractivity contribution is 6.28. The van der Waals surface area contributed by atoms with Gasteiger partial charge < -0.3 is 14.4 Å². The van der Waals surface area contributed by atoms with Crippen LogP contribution >= 0.6 is 11.6 Å². The number of aromatic nitrogens is 3. The first-order valence-electron chi connectivity index (χ1n) is 6.52. The van der Waals surface area contributed by atoms with Crippen molar-refractivity contribution in [1.29, 1.82) is 0 Å². The van der Waals surface area contributed by atoms with Crippen molar-refractivity contribution < 1.29 is 9.47 Å². The van der Waals surface area contributed by atoms with Crippen molar-refractivity contribution in [1.82, 2.24) is 15.0 Å². The van der Waals surface area contributed by atoms with Crippen LogP contribution in [-0.4, -0.2) is 47.9 Å². The van der Waals surface area contributed by atoms with Gasteiger partial charge in [0.25, 0.3) is 0 Å². The van der Waals surface area contributed by atoms with Crippen molar-refractivity contribution in [2.75, 3.05) is 37.8 Å². The molecule has 0 aliphatic carbocycles. The predicted octanol–water partition coefficient (Wildman–Crippen LogP) is 1.79. The SMILES string of the molecule is CC(C)CCOc1nc(Cl)nc(N2CCOCC2)n1. The van der Waals surface area contributed by atoms with Gasteiger partial charge in [-0.15, -0.1) is 0 Å². The number of hydrogen-bond acceptors (Lipinski definition) is 6. The van der Waals surface area contributed by atoms with Gasteiger partial charge in [-0.05, 0) is 23.9 Å². The molecule has 0 spiro atoms. The molecule has 2 rings (SSSR count). The Hall–Kier alpha value is -1.14. The number of ether oxygens (including phenoxy) is 2. The van der Waals surface area contributed by atoms with Gasteiger partial charge in [0.05, 0.1) is 19.8 Å². The van der Waals surface area contributed by atoms with E-state index in [9.17, 15) is 0 Å². The van der Waals surface area contributed by atoms with Crippen LogP contribution in [-0.2, 0) is 4.74 Å². The average Bonchev–Trinajstić information content (AvgIpc) is 2.39. The van der Waals surface area contributed by atoms with Crippen molar-refractivity contribution in [3.05, 3.63) is 5.28 Å². The van der Waals surface area contributed by atoms with E-state index in [0.717, 1.165) is 19.5 Å². The summed E-state index contributed by atoms with van der Waals surface area (Å²) in [6.45, 7) is 7.73. The van der Waals surface area contributed by atoms with Crippen LogP contribution in [0.15, 0.2) is 0 Å². The normalized spacial score (nSPS) is 15.9. The summed E-state index contributed by atoms with van der Waals surface area (Å²) >= 11 is 5.91. The summed E-state index contributed by atoms with van der Waals surface area (Å²) in [5, 5.41) is 0.163. The Morgan fingerprint density at radius 2 is 2.00 bits per heavy atom. The first kappa shape index (κ1) is 14.3. The van der Waals surface area contributed by atoms with E-state index in [4.69, 9.17) is 21.1 Å². The van der Waals surface area contributed by atoms with E-state index in [1.807, 2.05) is 4.90 Å². The monoisotopic (exact) mass is 286 g/mol. The summed E-state index contributed by atoms with van der Waals surface area (Å²) in [5.74, 6) is 1.14. The van der Waals surface area contributed by atoms with Gasteiger partial charge in [0.15, 0.2) is 0 Å². The summed E-state index contributed by atoms with van der Waals surface area (Å²) in [6, 6.07) is 0.294. The van der Waals surface area contributed by atoms with Crippen molar-refractivity contribution in [2.24, 2.45) is 5.92 Å². The lowest BCUT2D eigenvalue weighted by atomic mass is 10.1. The van der Waals surface area contributed by atoms with Crippen LogP contribution in [0.25, 0.3) is 0 Å². The highest BCUT2D eigenvalue weighted by atomic mass is 35.5. The molecule has 0 bridgehead atoms. The van der Waals surface area contributed by atoms with Gasteiger partial charge >= 0.3 is 6.01 Å². The van der Waals surface area contributed by atoms with Crippen molar-refractivity contribution >= 4 is 17.5 Å². The quantitative estimate of drug-likeness (QED) is 0.822. The minimum atomic E-state index is 0.163. The van der Waals surface area contributed by atoms with E-state index in [1.54, 1.807) is 0 Å². The van der Waals surface area contributed by atoms with Gasteiger partial charge in [-0.3, -0.25) is 0 Å². The molecule has 0 saturated carbocycles. The molecule has 1 fully saturated rings. The topological polar surface area (TPSA) is 60.4 Å². The number of morpholine rings is 1. The molecule has 1 aromatic rings. The Morgan fingerprint density at radius 1 is 1.26 bits per heavy atom. The molecule has 0 aromatic carbocycles. The molecule has 0 unspecified atom stereocenters. The Bertz CT molecular complexity index is 411. The molecule has 0 N–H and O–H groups in total. The maximum absolute atomic E-state index is 5.91. The third-order valence-electron chi connectivity index (χ3n) is 2.80. The van der Waals surface area contributed by atoms with E-state index in [1.165, 1.54) is 0 Å². The van der Waals surface area contributed by atoms with Crippen LogP contribution in [0.1, 0.15) is 20.3 Å². The van der Waals surface area contributed by atoms with Crippen LogP contribution in [0.3, 0.4) is 0 Å². The van der Waals surface area contributed by atoms with Crippen molar-refractivity contribution in [3.8, 4) is 6.01 Å². The van der Waals surface area contributed by atoms with Crippen molar-refractivity contribution in [2.45, 2.75) is 20.3 Å². The maximum atomic E-state index is 5.91. The van der Waals surface area contributed by atoms with Gasteiger partial charge in [0.2, 0.25) is 11.2 Å². The molecular weight excluding hydrogens is 268 g/mol. The molecule has 1 aromatic heterocycles.